The number of likely N-dealkylation sites (tertiary alicyclic amines) is 2. The topological polar surface area (TPSA) is 90.0 Å². The summed E-state index contributed by atoms with van der Waals surface area (Å²) < 4.78 is 24.4. The predicted molar refractivity (Wildman–Crippen MR) is 95.5 cm³/mol. The van der Waals surface area contributed by atoms with Crippen LogP contribution >= 0.6 is 0 Å². The summed E-state index contributed by atoms with van der Waals surface area (Å²) in [6.07, 6.45) is 5.19. The number of carbonyl (C=O) groups excluding carboxylic acids is 2. The molecule has 0 aromatic heterocycles. The van der Waals surface area contributed by atoms with E-state index in [1.165, 1.54) is 10.6 Å². The van der Waals surface area contributed by atoms with Crippen molar-refractivity contribution in [3.05, 3.63) is 0 Å². The van der Waals surface area contributed by atoms with Gasteiger partial charge >= 0.3 is 0 Å². The van der Waals surface area contributed by atoms with Gasteiger partial charge in [0.1, 0.15) is 0 Å². The number of rotatable bonds is 7. The number of hydrogen-bond donors (Lipinski definition) is 1. The van der Waals surface area contributed by atoms with Gasteiger partial charge in [-0.1, -0.05) is 0 Å². The molecule has 0 aromatic rings. The summed E-state index contributed by atoms with van der Waals surface area (Å²) in [5.74, 6) is 0.0642. The van der Waals surface area contributed by atoms with Gasteiger partial charge in [0, 0.05) is 33.2 Å². The third-order valence-electron chi connectivity index (χ3n) is 4.95. The van der Waals surface area contributed by atoms with Gasteiger partial charge in [0.15, 0.2) is 0 Å². The molecule has 9 heteroatoms. The minimum absolute atomic E-state index is 0.0165. The molecule has 1 N–H and O–H groups in total. The van der Waals surface area contributed by atoms with E-state index in [0.717, 1.165) is 45.3 Å². The number of piperidine rings is 1. The number of nitrogens with zero attached hydrogens (tertiary/aromatic N) is 3. The minimum atomic E-state index is -3.18. The zero-order valence-corrected chi connectivity index (χ0v) is 16.1. The lowest BCUT2D eigenvalue weighted by Gasteiger charge is -2.33. The van der Waals surface area contributed by atoms with Gasteiger partial charge in [-0.15, -0.1) is 0 Å². The molecule has 2 rings (SSSR count). The van der Waals surface area contributed by atoms with Crippen LogP contribution < -0.4 is 5.32 Å². The molecule has 0 bridgehead atoms. The molecule has 1 atom stereocenters. The Morgan fingerprint density at radius 3 is 2.48 bits per heavy atom. The van der Waals surface area contributed by atoms with Crippen LogP contribution in [0.4, 0.5) is 0 Å². The van der Waals surface area contributed by atoms with Crippen molar-refractivity contribution in [1.29, 1.82) is 0 Å². The zero-order valence-electron chi connectivity index (χ0n) is 15.2. The molecule has 144 valence electrons. The van der Waals surface area contributed by atoms with Crippen LogP contribution in [0.5, 0.6) is 0 Å². The van der Waals surface area contributed by atoms with Crippen LogP contribution in [0, 0.1) is 5.92 Å². The van der Waals surface area contributed by atoms with Gasteiger partial charge < -0.3 is 10.2 Å². The van der Waals surface area contributed by atoms with E-state index in [1.807, 2.05) is 4.90 Å². The fraction of sp³-hybridized carbons (Fsp3) is 0.875. The molecule has 2 aliphatic heterocycles. The van der Waals surface area contributed by atoms with E-state index in [2.05, 4.69) is 5.32 Å². The fourth-order valence-electron chi connectivity index (χ4n) is 3.45. The maximum absolute atomic E-state index is 12.1. The number of hydrogen-bond acceptors (Lipinski definition) is 5. The molecule has 2 saturated heterocycles. The highest BCUT2D eigenvalue weighted by atomic mass is 32.2. The Labute approximate surface area is 150 Å². The summed E-state index contributed by atoms with van der Waals surface area (Å²) >= 11 is 0. The SMILES string of the molecule is CN(CC1CCCN(CC(=O)NCC(=O)N2CCCC2)C1)S(C)(=O)=O. The van der Waals surface area contributed by atoms with Crippen LogP contribution in [0.1, 0.15) is 25.7 Å². The third-order valence-corrected chi connectivity index (χ3v) is 6.23. The maximum atomic E-state index is 12.1. The van der Waals surface area contributed by atoms with Gasteiger partial charge in [-0.2, -0.15) is 0 Å². The Balaban J connectivity index is 1.72. The number of sulfonamides is 1. The molecule has 2 heterocycles. The number of nitrogens with one attached hydrogen (secondary N) is 1. The van der Waals surface area contributed by atoms with Crippen molar-refractivity contribution in [2.45, 2.75) is 25.7 Å². The van der Waals surface area contributed by atoms with Crippen molar-refractivity contribution in [2.75, 3.05) is 59.1 Å². The first-order valence-electron chi connectivity index (χ1n) is 8.94. The molecule has 25 heavy (non-hydrogen) atoms. The molecular weight excluding hydrogens is 344 g/mol. The monoisotopic (exact) mass is 374 g/mol. The Hall–Kier alpha value is -1.19. The smallest absolute Gasteiger partial charge is 0.241 e. The quantitative estimate of drug-likeness (QED) is 0.638. The van der Waals surface area contributed by atoms with E-state index in [4.69, 9.17) is 0 Å². The van der Waals surface area contributed by atoms with Crippen LogP contribution in [0.3, 0.4) is 0 Å². The van der Waals surface area contributed by atoms with E-state index in [9.17, 15) is 18.0 Å². The molecule has 0 saturated carbocycles. The molecule has 0 aliphatic carbocycles. The lowest BCUT2D eigenvalue weighted by atomic mass is 9.98. The average molecular weight is 375 g/mol. The average Bonchev–Trinajstić information content (AvgIpc) is 3.06. The highest BCUT2D eigenvalue weighted by Gasteiger charge is 2.25. The molecule has 0 radical (unpaired) electrons. The summed E-state index contributed by atoms with van der Waals surface area (Å²) in [6.45, 7) is 3.90. The van der Waals surface area contributed by atoms with E-state index in [-0.39, 0.29) is 30.8 Å². The van der Waals surface area contributed by atoms with Crippen LogP contribution in [-0.4, -0.2) is 93.5 Å². The second-order valence-electron chi connectivity index (χ2n) is 7.15. The third kappa shape index (κ3) is 6.56. The Morgan fingerprint density at radius 2 is 1.84 bits per heavy atom. The van der Waals surface area contributed by atoms with Crippen molar-refractivity contribution in [3.63, 3.8) is 0 Å². The van der Waals surface area contributed by atoms with E-state index >= 15 is 0 Å². The van der Waals surface area contributed by atoms with Gasteiger partial charge in [-0.3, -0.25) is 14.5 Å². The summed E-state index contributed by atoms with van der Waals surface area (Å²) in [6, 6.07) is 0. The second kappa shape index (κ2) is 8.95. The van der Waals surface area contributed by atoms with Crippen molar-refractivity contribution in [1.82, 2.24) is 19.4 Å². The highest BCUT2D eigenvalue weighted by Crippen LogP contribution is 2.17. The van der Waals surface area contributed by atoms with Crippen LogP contribution in [0.25, 0.3) is 0 Å². The molecule has 2 aliphatic rings. The summed E-state index contributed by atoms with van der Waals surface area (Å²) in [5.41, 5.74) is 0. The minimum Gasteiger partial charge on any atom is -0.346 e. The molecule has 0 aromatic carbocycles. The first kappa shape index (κ1) is 20.1. The molecular formula is C16H30N4O4S. The first-order valence-corrected chi connectivity index (χ1v) is 10.8. The van der Waals surface area contributed by atoms with Crippen molar-refractivity contribution in [3.8, 4) is 0 Å². The Morgan fingerprint density at radius 1 is 1.16 bits per heavy atom. The molecule has 1 unspecified atom stereocenters. The fourth-order valence-corrected chi connectivity index (χ4v) is 3.94. The van der Waals surface area contributed by atoms with E-state index in [0.29, 0.717) is 13.1 Å². The second-order valence-corrected chi connectivity index (χ2v) is 9.24. The highest BCUT2D eigenvalue weighted by molar-refractivity contribution is 7.88. The van der Waals surface area contributed by atoms with Gasteiger partial charge in [0.25, 0.3) is 0 Å². The molecule has 2 amide bonds. The first-order chi connectivity index (χ1) is 11.8. The van der Waals surface area contributed by atoms with Crippen LogP contribution in [0.2, 0.25) is 0 Å². The van der Waals surface area contributed by atoms with Gasteiger partial charge in [-0.05, 0) is 38.1 Å². The van der Waals surface area contributed by atoms with Gasteiger partial charge in [-0.25, -0.2) is 12.7 Å². The summed E-state index contributed by atoms with van der Waals surface area (Å²) in [5, 5.41) is 2.71. The predicted octanol–water partition coefficient (Wildman–Crippen LogP) is -0.672. The van der Waals surface area contributed by atoms with Crippen LogP contribution in [0.15, 0.2) is 0 Å². The summed E-state index contributed by atoms with van der Waals surface area (Å²) in [7, 11) is -1.59. The Bertz CT molecular complexity index is 575. The molecule has 8 nitrogen and oxygen atoms in total. The lowest BCUT2D eigenvalue weighted by molar-refractivity contribution is -0.132. The maximum Gasteiger partial charge on any atom is 0.241 e. The molecule has 0 spiro atoms. The Kier molecular flexibility index (Phi) is 7.21. The normalized spacial score (nSPS) is 22.4. The largest absolute Gasteiger partial charge is 0.346 e. The number of amides is 2. The zero-order chi connectivity index (χ0) is 18.4. The standard InChI is InChI=1S/C16H30N4O4S/c1-18(25(2,23)24)11-14-6-5-7-19(12-14)13-15(21)17-10-16(22)20-8-3-4-9-20/h14H,3-13H2,1-2H3,(H,17,21). The van der Waals surface area contributed by atoms with E-state index < -0.39 is 10.0 Å². The molecule has 2 fully saturated rings. The van der Waals surface area contributed by atoms with E-state index in [1.54, 1.807) is 11.9 Å². The van der Waals surface area contributed by atoms with Crippen LogP contribution in [-0.2, 0) is 19.6 Å². The number of carbonyl (C=O) groups is 2. The summed E-state index contributed by atoms with van der Waals surface area (Å²) in [4.78, 5) is 27.9. The van der Waals surface area contributed by atoms with Gasteiger partial charge in [0.2, 0.25) is 21.8 Å². The lowest BCUT2D eigenvalue weighted by Crippen LogP contribution is -2.47. The van der Waals surface area contributed by atoms with Crippen molar-refractivity contribution >= 4 is 21.8 Å². The van der Waals surface area contributed by atoms with Crippen molar-refractivity contribution < 1.29 is 18.0 Å². The van der Waals surface area contributed by atoms with Gasteiger partial charge in [0.05, 0.1) is 19.3 Å². The van der Waals surface area contributed by atoms with Crippen molar-refractivity contribution in [2.24, 2.45) is 5.92 Å².